The second-order valence-corrected chi connectivity index (χ2v) is 5.66. The molecule has 1 aromatic rings. The average molecular weight is 316 g/mol. The van der Waals surface area contributed by atoms with Gasteiger partial charge in [-0.15, -0.1) is 0 Å². The molecule has 0 aliphatic carbocycles. The van der Waals surface area contributed by atoms with Crippen LogP contribution >= 0.6 is 23.2 Å². The minimum absolute atomic E-state index is 0.198. The number of carbonyl (C=O) groups excluding carboxylic acids is 1. The van der Waals surface area contributed by atoms with Crippen molar-refractivity contribution >= 4 is 29.6 Å². The first kappa shape index (κ1) is 15.5. The van der Waals surface area contributed by atoms with Gasteiger partial charge in [0.15, 0.2) is 0 Å². The Labute approximate surface area is 128 Å². The predicted molar refractivity (Wildman–Crippen MR) is 78.3 cm³/mol. The maximum Gasteiger partial charge on any atom is 0.312 e. The second-order valence-electron chi connectivity index (χ2n) is 4.92. The maximum absolute atomic E-state index is 10.7. The van der Waals surface area contributed by atoms with Crippen LogP contribution in [-0.4, -0.2) is 40.4 Å². The van der Waals surface area contributed by atoms with Crippen LogP contribution in [0.15, 0.2) is 6.20 Å². The SMILES string of the molecule is CCC1CN([C]=O)CCC1NCc1nc(Cl)ncc1Cl. The van der Waals surface area contributed by atoms with E-state index in [4.69, 9.17) is 23.2 Å². The summed E-state index contributed by atoms with van der Waals surface area (Å²) in [6.45, 7) is 4.15. The molecular weight excluding hydrogens is 299 g/mol. The summed E-state index contributed by atoms with van der Waals surface area (Å²) in [4.78, 5) is 20.4. The Bertz CT molecular complexity index is 472. The van der Waals surface area contributed by atoms with Gasteiger partial charge in [0.05, 0.1) is 16.9 Å². The van der Waals surface area contributed by atoms with Crippen LogP contribution in [0.4, 0.5) is 0 Å². The number of rotatable bonds is 5. The molecule has 5 nitrogen and oxygen atoms in total. The third-order valence-corrected chi connectivity index (χ3v) is 4.20. The van der Waals surface area contributed by atoms with Crippen LogP contribution < -0.4 is 5.32 Å². The molecule has 0 spiro atoms. The van der Waals surface area contributed by atoms with E-state index in [1.807, 2.05) is 6.41 Å². The summed E-state index contributed by atoms with van der Waals surface area (Å²) in [6, 6.07) is 0.342. The molecule has 0 saturated carbocycles. The molecule has 1 radical (unpaired) electrons. The lowest BCUT2D eigenvalue weighted by atomic mass is 9.90. The third-order valence-electron chi connectivity index (χ3n) is 3.71. The van der Waals surface area contributed by atoms with Crippen molar-refractivity contribution in [1.82, 2.24) is 20.2 Å². The molecule has 1 aliphatic heterocycles. The van der Waals surface area contributed by atoms with Gasteiger partial charge in [-0.3, -0.25) is 4.79 Å². The quantitative estimate of drug-likeness (QED) is 0.845. The molecule has 7 heteroatoms. The van der Waals surface area contributed by atoms with Crippen molar-refractivity contribution in [2.75, 3.05) is 13.1 Å². The highest BCUT2D eigenvalue weighted by Crippen LogP contribution is 2.21. The van der Waals surface area contributed by atoms with Gasteiger partial charge in [-0.2, -0.15) is 0 Å². The van der Waals surface area contributed by atoms with Crippen molar-refractivity contribution in [3.63, 3.8) is 0 Å². The van der Waals surface area contributed by atoms with Crippen LogP contribution in [0, 0.1) is 5.92 Å². The van der Waals surface area contributed by atoms with Crippen LogP contribution in [0.2, 0.25) is 10.3 Å². The number of halogens is 2. The van der Waals surface area contributed by atoms with Crippen molar-refractivity contribution in [3.8, 4) is 0 Å². The molecule has 1 aliphatic rings. The Morgan fingerprint density at radius 3 is 3.05 bits per heavy atom. The Hall–Kier alpha value is -0.910. The number of amides is 1. The largest absolute Gasteiger partial charge is 0.334 e. The number of likely N-dealkylation sites (tertiary alicyclic amines) is 1. The lowest BCUT2D eigenvalue weighted by Crippen LogP contribution is -2.48. The average Bonchev–Trinajstić information content (AvgIpc) is 2.48. The molecule has 1 fully saturated rings. The molecule has 1 aromatic heterocycles. The summed E-state index contributed by atoms with van der Waals surface area (Å²) in [7, 11) is 0. The molecule has 2 atom stereocenters. The van der Waals surface area contributed by atoms with Gasteiger partial charge >= 0.3 is 6.41 Å². The number of hydrogen-bond acceptors (Lipinski definition) is 4. The third kappa shape index (κ3) is 3.81. The van der Waals surface area contributed by atoms with E-state index in [0.29, 0.717) is 29.2 Å². The van der Waals surface area contributed by atoms with Crippen molar-refractivity contribution < 1.29 is 4.79 Å². The first-order valence-corrected chi connectivity index (χ1v) is 7.42. The second kappa shape index (κ2) is 7.20. The fraction of sp³-hybridized carbons (Fsp3) is 0.615. The summed E-state index contributed by atoms with van der Waals surface area (Å²) < 4.78 is 0. The van der Waals surface area contributed by atoms with E-state index in [0.717, 1.165) is 25.9 Å². The zero-order valence-corrected chi connectivity index (χ0v) is 12.8. The lowest BCUT2D eigenvalue weighted by molar-refractivity contribution is 0.188. The van der Waals surface area contributed by atoms with Crippen molar-refractivity contribution in [2.24, 2.45) is 5.92 Å². The number of nitrogens with one attached hydrogen (secondary N) is 1. The molecule has 0 bridgehead atoms. The molecule has 2 rings (SSSR count). The monoisotopic (exact) mass is 315 g/mol. The zero-order valence-electron chi connectivity index (χ0n) is 11.3. The van der Waals surface area contributed by atoms with E-state index < -0.39 is 0 Å². The Kier molecular flexibility index (Phi) is 5.57. The summed E-state index contributed by atoms with van der Waals surface area (Å²) in [5, 5.41) is 4.17. The van der Waals surface area contributed by atoms with Gasteiger partial charge in [-0.05, 0) is 23.9 Å². The van der Waals surface area contributed by atoms with Gasteiger partial charge in [0.25, 0.3) is 0 Å². The maximum atomic E-state index is 10.7. The van der Waals surface area contributed by atoms with Crippen molar-refractivity contribution in [2.45, 2.75) is 32.4 Å². The predicted octanol–water partition coefficient (Wildman–Crippen LogP) is 2.04. The van der Waals surface area contributed by atoms with E-state index in [1.165, 1.54) is 6.20 Å². The van der Waals surface area contributed by atoms with Gasteiger partial charge in [0.1, 0.15) is 0 Å². The number of piperidine rings is 1. The Morgan fingerprint density at radius 2 is 2.35 bits per heavy atom. The molecule has 2 unspecified atom stereocenters. The van der Waals surface area contributed by atoms with Crippen molar-refractivity contribution in [3.05, 3.63) is 22.2 Å². The van der Waals surface area contributed by atoms with Crippen molar-refractivity contribution in [1.29, 1.82) is 0 Å². The van der Waals surface area contributed by atoms with Crippen LogP contribution in [0.5, 0.6) is 0 Å². The van der Waals surface area contributed by atoms with E-state index in [2.05, 4.69) is 22.2 Å². The number of nitrogens with zero attached hydrogens (tertiary/aromatic N) is 3. The Morgan fingerprint density at radius 1 is 1.55 bits per heavy atom. The topological polar surface area (TPSA) is 58.1 Å². The van der Waals surface area contributed by atoms with Crippen LogP contribution in [-0.2, 0) is 11.3 Å². The molecule has 1 saturated heterocycles. The van der Waals surface area contributed by atoms with Gasteiger partial charge in [-0.25, -0.2) is 9.97 Å². The molecule has 2 heterocycles. The molecule has 0 aromatic carbocycles. The van der Waals surface area contributed by atoms with Crippen LogP contribution in [0.3, 0.4) is 0 Å². The first-order valence-electron chi connectivity index (χ1n) is 6.67. The summed E-state index contributed by atoms with van der Waals surface area (Å²) >= 11 is 11.8. The standard InChI is InChI=1S/C13H17Cl2N4O/c1-2-9-7-19(8-20)4-3-11(9)16-6-12-10(14)5-17-13(15)18-12/h5,9,11,16H,2-4,6-7H2,1H3. The van der Waals surface area contributed by atoms with Gasteiger partial charge in [0, 0.05) is 25.7 Å². The fourth-order valence-electron chi connectivity index (χ4n) is 2.53. The molecule has 20 heavy (non-hydrogen) atoms. The molecular formula is C13H17Cl2N4O. The van der Waals surface area contributed by atoms with Gasteiger partial charge < -0.3 is 10.2 Å². The number of hydrogen-bond donors (Lipinski definition) is 1. The summed E-state index contributed by atoms with van der Waals surface area (Å²) in [6.07, 6.45) is 5.40. The normalized spacial score (nSPS) is 22.9. The van der Waals surface area contributed by atoms with Gasteiger partial charge in [-0.1, -0.05) is 24.9 Å². The Balaban J connectivity index is 1.95. The van der Waals surface area contributed by atoms with E-state index in [9.17, 15) is 4.79 Å². The zero-order chi connectivity index (χ0) is 14.5. The van der Waals surface area contributed by atoms with Crippen LogP contribution in [0.1, 0.15) is 25.5 Å². The minimum Gasteiger partial charge on any atom is -0.334 e. The minimum atomic E-state index is 0.198. The van der Waals surface area contributed by atoms with Crippen LogP contribution in [0.25, 0.3) is 0 Å². The molecule has 1 N–H and O–H groups in total. The lowest BCUT2D eigenvalue weighted by Gasteiger charge is -2.36. The summed E-state index contributed by atoms with van der Waals surface area (Å²) in [5.41, 5.74) is 0.700. The highest BCUT2D eigenvalue weighted by Gasteiger charge is 2.27. The first-order chi connectivity index (χ1) is 9.63. The fourth-order valence-corrected chi connectivity index (χ4v) is 2.84. The molecule has 109 valence electrons. The smallest absolute Gasteiger partial charge is 0.312 e. The van der Waals surface area contributed by atoms with Gasteiger partial charge in [0.2, 0.25) is 5.28 Å². The summed E-state index contributed by atoms with van der Waals surface area (Å²) in [5.74, 6) is 0.418. The highest BCUT2D eigenvalue weighted by molar-refractivity contribution is 6.31. The number of aromatic nitrogens is 2. The van der Waals surface area contributed by atoms with E-state index in [-0.39, 0.29) is 5.28 Å². The molecule has 1 amide bonds. The van der Waals surface area contributed by atoms with E-state index in [1.54, 1.807) is 4.90 Å². The van der Waals surface area contributed by atoms with E-state index >= 15 is 0 Å². The highest BCUT2D eigenvalue weighted by atomic mass is 35.5.